The molecule has 1 aromatic rings. The fraction of sp³-hybridized carbons (Fsp3) is 0.571. The minimum Gasteiger partial charge on any atom is -0.454 e. The number of fused-ring (bicyclic) bond motifs is 1. The number of nitrogens with zero attached hydrogens (tertiary/aromatic N) is 1. The van der Waals surface area contributed by atoms with Crippen molar-refractivity contribution in [2.24, 2.45) is 0 Å². The van der Waals surface area contributed by atoms with Crippen LogP contribution in [0, 0.1) is 0 Å². The molecule has 0 radical (unpaired) electrons. The average Bonchev–Trinajstić information content (AvgIpc) is 2.95. The van der Waals surface area contributed by atoms with E-state index < -0.39 is 18.6 Å². The van der Waals surface area contributed by atoms with Gasteiger partial charge in [-0.15, -0.1) is 0 Å². The number of rotatable bonds is 4. The van der Waals surface area contributed by atoms with Gasteiger partial charge in [-0.1, -0.05) is 11.6 Å². The number of nitrogens with one attached hydrogen (secondary N) is 1. The largest absolute Gasteiger partial charge is 0.454 e. The lowest BCUT2D eigenvalue weighted by Crippen LogP contribution is -2.51. The van der Waals surface area contributed by atoms with Gasteiger partial charge in [-0.2, -0.15) is 0 Å². The van der Waals surface area contributed by atoms with E-state index in [0.717, 1.165) is 0 Å². The van der Waals surface area contributed by atoms with E-state index in [4.69, 9.17) is 26.2 Å². The van der Waals surface area contributed by atoms with Crippen molar-refractivity contribution in [3.8, 4) is 11.5 Å². The Balaban J connectivity index is 2.01. The minimum absolute atomic E-state index is 0.0454. The first-order chi connectivity index (χ1) is 10.5. The molecule has 1 aromatic carbocycles. The molecule has 8 heteroatoms. The maximum absolute atomic E-state index is 14.4. The Morgan fingerprint density at radius 1 is 1.27 bits per heavy atom. The molecule has 1 atom stereocenters. The van der Waals surface area contributed by atoms with Gasteiger partial charge < -0.3 is 19.9 Å². The summed E-state index contributed by atoms with van der Waals surface area (Å²) in [5.74, 6) is -2.47. The van der Waals surface area contributed by atoms with Crippen LogP contribution in [0.2, 0.25) is 5.02 Å². The molecule has 1 saturated heterocycles. The first-order valence-corrected chi connectivity index (χ1v) is 7.43. The minimum atomic E-state index is -3.31. The number of benzene rings is 1. The van der Waals surface area contributed by atoms with Gasteiger partial charge in [0.05, 0.1) is 0 Å². The van der Waals surface area contributed by atoms with Crippen molar-refractivity contribution >= 4 is 11.6 Å². The van der Waals surface area contributed by atoms with Crippen LogP contribution in [-0.2, 0) is 0 Å². The van der Waals surface area contributed by atoms with Crippen molar-refractivity contribution in [1.29, 1.82) is 0 Å². The molecule has 0 spiro atoms. The predicted octanol–water partition coefficient (Wildman–Crippen LogP) is 1.64. The normalized spacial score (nSPS) is 20.2. The first kappa shape index (κ1) is 15.7. The van der Waals surface area contributed by atoms with Crippen molar-refractivity contribution in [1.82, 2.24) is 10.2 Å². The van der Waals surface area contributed by atoms with Crippen LogP contribution in [0.25, 0.3) is 0 Å². The molecule has 0 aromatic heterocycles. The van der Waals surface area contributed by atoms with E-state index >= 15 is 0 Å². The molecule has 2 aliphatic rings. The predicted molar refractivity (Wildman–Crippen MR) is 76.8 cm³/mol. The Morgan fingerprint density at radius 2 is 1.91 bits per heavy atom. The molecule has 1 fully saturated rings. The molecule has 0 bridgehead atoms. The summed E-state index contributed by atoms with van der Waals surface area (Å²) in [5, 5.41) is 12.5. The highest BCUT2D eigenvalue weighted by Gasteiger charge is 2.45. The summed E-state index contributed by atoms with van der Waals surface area (Å²) >= 11 is 6.19. The smallest absolute Gasteiger partial charge is 0.289 e. The molecule has 2 N–H and O–H groups in total. The second kappa shape index (κ2) is 6.16. The Hall–Kier alpha value is -1.15. The Kier molecular flexibility index (Phi) is 4.40. The van der Waals surface area contributed by atoms with Crippen molar-refractivity contribution in [3.63, 3.8) is 0 Å². The lowest BCUT2D eigenvalue weighted by Gasteiger charge is -2.39. The summed E-state index contributed by atoms with van der Waals surface area (Å²) < 4.78 is 39.2. The second-order valence-corrected chi connectivity index (χ2v) is 5.74. The third-order valence-electron chi connectivity index (χ3n) is 3.91. The van der Waals surface area contributed by atoms with E-state index in [2.05, 4.69) is 5.32 Å². The van der Waals surface area contributed by atoms with Gasteiger partial charge in [0.15, 0.2) is 11.5 Å². The van der Waals surface area contributed by atoms with Crippen molar-refractivity contribution in [2.75, 3.05) is 39.6 Å². The molecule has 0 saturated carbocycles. The lowest BCUT2D eigenvalue weighted by molar-refractivity contribution is -0.118. The summed E-state index contributed by atoms with van der Waals surface area (Å²) in [5.41, 5.74) is 0.242. The van der Waals surface area contributed by atoms with Gasteiger partial charge >= 0.3 is 0 Å². The number of aliphatic hydroxyl groups is 1. The lowest BCUT2D eigenvalue weighted by atomic mass is 9.97. The third-order valence-corrected chi connectivity index (χ3v) is 4.24. The van der Waals surface area contributed by atoms with Gasteiger partial charge in [0.25, 0.3) is 5.92 Å². The summed E-state index contributed by atoms with van der Waals surface area (Å²) in [6, 6.07) is 1.67. The van der Waals surface area contributed by atoms with E-state index in [1.165, 1.54) is 12.1 Å². The second-order valence-electron chi connectivity index (χ2n) is 5.33. The Labute approximate surface area is 131 Å². The summed E-state index contributed by atoms with van der Waals surface area (Å²) in [4.78, 5) is 1.64. The van der Waals surface area contributed by atoms with Crippen molar-refractivity contribution in [3.05, 3.63) is 22.7 Å². The topological polar surface area (TPSA) is 54.0 Å². The maximum atomic E-state index is 14.4. The van der Waals surface area contributed by atoms with Gasteiger partial charge in [-0.3, -0.25) is 4.90 Å². The number of aliphatic hydroxyl groups excluding tert-OH is 1. The van der Waals surface area contributed by atoms with E-state index in [1.54, 1.807) is 4.90 Å². The van der Waals surface area contributed by atoms with Crippen LogP contribution in [0.1, 0.15) is 11.6 Å². The van der Waals surface area contributed by atoms with Crippen LogP contribution >= 0.6 is 11.6 Å². The van der Waals surface area contributed by atoms with Crippen molar-refractivity contribution < 1.29 is 23.4 Å². The van der Waals surface area contributed by atoms with Gasteiger partial charge in [0.2, 0.25) is 6.79 Å². The van der Waals surface area contributed by atoms with Gasteiger partial charge in [0, 0.05) is 37.3 Å². The van der Waals surface area contributed by atoms with Crippen LogP contribution in [0.3, 0.4) is 0 Å². The van der Waals surface area contributed by atoms with Crippen LogP contribution in [-0.4, -0.2) is 55.5 Å². The number of hydrogen-bond donors (Lipinski definition) is 2. The zero-order chi connectivity index (χ0) is 15.7. The molecule has 2 heterocycles. The zero-order valence-electron chi connectivity index (χ0n) is 11.8. The molecule has 122 valence electrons. The average molecular weight is 335 g/mol. The number of ether oxygens (including phenoxy) is 2. The molecule has 0 unspecified atom stereocenters. The molecule has 0 amide bonds. The van der Waals surface area contributed by atoms with Crippen molar-refractivity contribution in [2.45, 2.75) is 12.0 Å². The standard InChI is InChI=1S/C14H17ClF2N2O3/c15-10-6-12-11(21-8-22-12)5-9(10)13(14(16,17)7-20)19-3-1-18-2-4-19/h5-6,13,18,20H,1-4,7-8H2/t13-/m0/s1. The van der Waals surface area contributed by atoms with Gasteiger partial charge in [0.1, 0.15) is 12.6 Å². The quantitative estimate of drug-likeness (QED) is 0.877. The number of hydrogen-bond acceptors (Lipinski definition) is 5. The zero-order valence-corrected chi connectivity index (χ0v) is 12.6. The van der Waals surface area contributed by atoms with Gasteiger partial charge in [-0.25, -0.2) is 8.78 Å². The van der Waals surface area contributed by atoms with Crippen LogP contribution in [0.4, 0.5) is 8.78 Å². The summed E-state index contributed by atoms with van der Waals surface area (Å²) in [7, 11) is 0. The SMILES string of the molecule is OCC(F)(F)[C@H](c1cc2c(cc1Cl)OCO2)N1CCNCC1. The monoisotopic (exact) mass is 334 g/mol. The van der Waals surface area contributed by atoms with Crippen LogP contribution in [0.5, 0.6) is 11.5 Å². The maximum Gasteiger partial charge on any atom is 0.289 e. The van der Waals surface area contributed by atoms with E-state index in [-0.39, 0.29) is 17.4 Å². The molecule has 2 aliphatic heterocycles. The molecule has 3 rings (SSSR count). The van der Waals surface area contributed by atoms with Crippen LogP contribution in [0.15, 0.2) is 12.1 Å². The van der Waals surface area contributed by atoms with E-state index in [0.29, 0.717) is 37.7 Å². The summed E-state index contributed by atoms with van der Waals surface area (Å²) in [6.07, 6.45) is 0. The highest BCUT2D eigenvalue weighted by molar-refractivity contribution is 6.31. The number of piperazine rings is 1. The first-order valence-electron chi connectivity index (χ1n) is 7.05. The Bertz CT molecular complexity index is 553. The molecule has 5 nitrogen and oxygen atoms in total. The third kappa shape index (κ3) is 2.86. The number of alkyl halides is 2. The molecular formula is C14H17ClF2N2O3. The Morgan fingerprint density at radius 3 is 2.55 bits per heavy atom. The number of halogens is 3. The highest BCUT2D eigenvalue weighted by Crippen LogP contribution is 2.45. The van der Waals surface area contributed by atoms with Gasteiger partial charge in [-0.05, 0) is 11.6 Å². The fourth-order valence-corrected chi connectivity index (χ4v) is 3.12. The fourth-order valence-electron chi connectivity index (χ4n) is 2.86. The molecule has 22 heavy (non-hydrogen) atoms. The van der Waals surface area contributed by atoms with E-state index in [9.17, 15) is 8.78 Å². The van der Waals surface area contributed by atoms with Crippen LogP contribution < -0.4 is 14.8 Å². The van der Waals surface area contributed by atoms with E-state index in [1.807, 2.05) is 0 Å². The highest BCUT2D eigenvalue weighted by atomic mass is 35.5. The summed E-state index contributed by atoms with van der Waals surface area (Å²) in [6.45, 7) is 0.923. The molecule has 0 aliphatic carbocycles. The molecular weight excluding hydrogens is 318 g/mol.